The van der Waals surface area contributed by atoms with Gasteiger partial charge in [0.05, 0.1) is 6.61 Å². The van der Waals surface area contributed by atoms with E-state index in [4.69, 9.17) is 10.5 Å². The maximum atomic E-state index is 5.91. The number of methoxy groups -OCH3 is 1. The smallest absolute Gasteiger partial charge is 0.0620 e. The van der Waals surface area contributed by atoms with Crippen LogP contribution in [0.4, 0.5) is 0 Å². The first-order valence-corrected chi connectivity index (χ1v) is 6.58. The molecule has 1 heterocycles. The highest BCUT2D eigenvalue weighted by Gasteiger charge is 2.33. The summed E-state index contributed by atoms with van der Waals surface area (Å²) in [5.41, 5.74) is 5.91. The second-order valence-corrected chi connectivity index (χ2v) is 5.38. The van der Waals surface area contributed by atoms with Crippen molar-refractivity contribution in [1.29, 1.82) is 0 Å². The molecule has 1 rings (SSSR count). The minimum absolute atomic E-state index is 0.508. The average Bonchev–Trinajstić information content (AvgIpc) is 2.26. The highest BCUT2D eigenvalue weighted by Crippen LogP contribution is 2.27. The zero-order valence-corrected chi connectivity index (χ0v) is 11.3. The lowest BCUT2D eigenvalue weighted by molar-refractivity contribution is -0.00940. The zero-order valence-electron chi connectivity index (χ0n) is 11.3. The summed E-state index contributed by atoms with van der Waals surface area (Å²) < 4.78 is 5.38. The fraction of sp³-hybridized carbons (Fsp3) is 1.00. The predicted octanol–water partition coefficient (Wildman–Crippen LogP) is 1.86. The molecule has 1 saturated heterocycles. The maximum absolute atomic E-state index is 5.91. The number of hydrogen-bond acceptors (Lipinski definition) is 3. The Labute approximate surface area is 100 Å². The molecule has 0 aromatic heterocycles. The van der Waals surface area contributed by atoms with Crippen molar-refractivity contribution in [3.8, 4) is 0 Å². The average molecular weight is 228 g/mol. The van der Waals surface area contributed by atoms with Crippen molar-refractivity contribution in [2.75, 3.05) is 20.3 Å². The van der Waals surface area contributed by atoms with Gasteiger partial charge < -0.3 is 10.5 Å². The molecule has 3 unspecified atom stereocenters. The van der Waals surface area contributed by atoms with E-state index < -0.39 is 0 Å². The molecular formula is C13H28N2O. The number of ether oxygens (including phenoxy) is 1. The summed E-state index contributed by atoms with van der Waals surface area (Å²) in [5, 5.41) is 0. The van der Waals surface area contributed by atoms with E-state index >= 15 is 0 Å². The quantitative estimate of drug-likeness (QED) is 0.780. The first-order valence-electron chi connectivity index (χ1n) is 6.58. The van der Waals surface area contributed by atoms with Gasteiger partial charge in [-0.25, -0.2) is 0 Å². The van der Waals surface area contributed by atoms with Gasteiger partial charge in [-0.2, -0.15) is 0 Å². The molecule has 16 heavy (non-hydrogen) atoms. The van der Waals surface area contributed by atoms with Gasteiger partial charge in [-0.15, -0.1) is 0 Å². The molecule has 0 aromatic rings. The van der Waals surface area contributed by atoms with E-state index in [1.165, 1.54) is 19.3 Å². The Balaban J connectivity index is 2.75. The van der Waals surface area contributed by atoms with Crippen LogP contribution < -0.4 is 5.73 Å². The van der Waals surface area contributed by atoms with Crippen LogP contribution in [-0.4, -0.2) is 43.3 Å². The fourth-order valence-corrected chi connectivity index (χ4v) is 2.94. The van der Waals surface area contributed by atoms with Crippen molar-refractivity contribution in [1.82, 2.24) is 4.90 Å². The lowest BCUT2D eigenvalue weighted by Crippen LogP contribution is -2.56. The van der Waals surface area contributed by atoms with Gasteiger partial charge in [0.1, 0.15) is 0 Å². The Morgan fingerprint density at radius 1 is 1.38 bits per heavy atom. The summed E-state index contributed by atoms with van der Waals surface area (Å²) in [5.74, 6) is 0.620. The van der Waals surface area contributed by atoms with Crippen LogP contribution in [0.15, 0.2) is 0 Å². The van der Waals surface area contributed by atoms with E-state index in [9.17, 15) is 0 Å². The molecule has 0 amide bonds. The van der Waals surface area contributed by atoms with Gasteiger partial charge in [-0.05, 0) is 25.7 Å². The van der Waals surface area contributed by atoms with Crippen LogP contribution in [0.5, 0.6) is 0 Å². The molecule has 0 spiro atoms. The SMILES string of the molecule is COCC(C(C)C)N1C(C)CCCC1CN. The molecule has 1 aliphatic heterocycles. The number of hydrogen-bond donors (Lipinski definition) is 1. The summed E-state index contributed by atoms with van der Waals surface area (Å²) >= 11 is 0. The number of likely N-dealkylation sites (tertiary alicyclic amines) is 1. The Bertz CT molecular complexity index is 196. The highest BCUT2D eigenvalue weighted by molar-refractivity contribution is 4.89. The predicted molar refractivity (Wildman–Crippen MR) is 68.5 cm³/mol. The first-order chi connectivity index (χ1) is 7.61. The van der Waals surface area contributed by atoms with E-state index in [-0.39, 0.29) is 0 Å². The Morgan fingerprint density at radius 2 is 2.06 bits per heavy atom. The molecule has 0 aliphatic carbocycles. The standard InChI is InChI=1S/C13H28N2O/c1-10(2)13(9-16-4)15-11(3)6-5-7-12(15)8-14/h10-13H,5-9,14H2,1-4H3. The number of rotatable bonds is 5. The van der Waals surface area contributed by atoms with Crippen LogP contribution in [-0.2, 0) is 4.74 Å². The molecule has 3 atom stereocenters. The van der Waals surface area contributed by atoms with Crippen molar-refractivity contribution >= 4 is 0 Å². The molecule has 0 aromatic carbocycles. The maximum Gasteiger partial charge on any atom is 0.0620 e. The second-order valence-electron chi connectivity index (χ2n) is 5.38. The number of nitrogens with two attached hydrogens (primary N) is 1. The molecule has 0 bridgehead atoms. The minimum atomic E-state index is 0.508. The monoisotopic (exact) mass is 228 g/mol. The largest absolute Gasteiger partial charge is 0.383 e. The second kappa shape index (κ2) is 6.58. The molecule has 0 saturated carbocycles. The third-order valence-corrected chi connectivity index (χ3v) is 3.85. The molecule has 1 fully saturated rings. The van der Waals surface area contributed by atoms with Gasteiger partial charge in [-0.1, -0.05) is 20.3 Å². The molecule has 2 N–H and O–H groups in total. The van der Waals surface area contributed by atoms with E-state index in [0.29, 0.717) is 24.0 Å². The normalized spacial score (nSPS) is 29.6. The van der Waals surface area contributed by atoms with Crippen molar-refractivity contribution in [3.63, 3.8) is 0 Å². The zero-order chi connectivity index (χ0) is 12.1. The molecule has 0 radical (unpaired) electrons. The number of piperidine rings is 1. The summed E-state index contributed by atoms with van der Waals surface area (Å²) in [6.45, 7) is 8.47. The lowest BCUT2D eigenvalue weighted by atomic mass is 9.91. The van der Waals surface area contributed by atoms with Crippen molar-refractivity contribution in [3.05, 3.63) is 0 Å². The Kier molecular flexibility index (Phi) is 5.73. The number of nitrogens with zero attached hydrogens (tertiary/aromatic N) is 1. The Hall–Kier alpha value is -0.120. The van der Waals surface area contributed by atoms with Crippen LogP contribution in [0.3, 0.4) is 0 Å². The van der Waals surface area contributed by atoms with Crippen LogP contribution in [0.25, 0.3) is 0 Å². The minimum Gasteiger partial charge on any atom is -0.383 e. The lowest BCUT2D eigenvalue weighted by Gasteiger charge is -2.46. The van der Waals surface area contributed by atoms with Crippen LogP contribution in [0.2, 0.25) is 0 Å². The van der Waals surface area contributed by atoms with Crippen LogP contribution in [0, 0.1) is 5.92 Å². The first kappa shape index (κ1) is 13.9. The summed E-state index contributed by atoms with van der Waals surface area (Å²) in [6, 6.07) is 1.70. The molecule has 3 heteroatoms. The van der Waals surface area contributed by atoms with E-state index in [1.807, 2.05) is 0 Å². The van der Waals surface area contributed by atoms with Gasteiger partial charge in [0.2, 0.25) is 0 Å². The molecule has 1 aliphatic rings. The van der Waals surface area contributed by atoms with Gasteiger partial charge in [0.15, 0.2) is 0 Å². The molecular weight excluding hydrogens is 200 g/mol. The highest BCUT2D eigenvalue weighted by atomic mass is 16.5. The van der Waals surface area contributed by atoms with E-state index in [0.717, 1.165) is 13.2 Å². The molecule has 96 valence electrons. The van der Waals surface area contributed by atoms with Crippen molar-refractivity contribution < 1.29 is 4.74 Å². The van der Waals surface area contributed by atoms with E-state index in [2.05, 4.69) is 25.7 Å². The topological polar surface area (TPSA) is 38.5 Å². The van der Waals surface area contributed by atoms with E-state index in [1.54, 1.807) is 7.11 Å². The fourth-order valence-electron chi connectivity index (χ4n) is 2.94. The van der Waals surface area contributed by atoms with Crippen LogP contribution in [0.1, 0.15) is 40.0 Å². The third kappa shape index (κ3) is 3.19. The van der Waals surface area contributed by atoms with Crippen molar-refractivity contribution in [2.45, 2.75) is 58.2 Å². The van der Waals surface area contributed by atoms with Crippen molar-refractivity contribution in [2.24, 2.45) is 11.7 Å². The summed E-state index contributed by atoms with van der Waals surface area (Å²) in [6.07, 6.45) is 3.86. The summed E-state index contributed by atoms with van der Waals surface area (Å²) in [4.78, 5) is 2.61. The van der Waals surface area contributed by atoms with Gasteiger partial charge in [0, 0.05) is 31.8 Å². The molecule has 3 nitrogen and oxygen atoms in total. The Morgan fingerprint density at radius 3 is 2.56 bits per heavy atom. The van der Waals surface area contributed by atoms with Crippen LogP contribution >= 0.6 is 0 Å². The summed E-state index contributed by atoms with van der Waals surface area (Å²) in [7, 11) is 1.79. The van der Waals surface area contributed by atoms with Gasteiger partial charge >= 0.3 is 0 Å². The third-order valence-electron chi connectivity index (χ3n) is 3.85. The van der Waals surface area contributed by atoms with Gasteiger partial charge in [0.25, 0.3) is 0 Å². The van der Waals surface area contributed by atoms with Gasteiger partial charge in [-0.3, -0.25) is 4.90 Å².